The molecule has 0 bridgehead atoms. The molecule has 0 aliphatic heterocycles. The number of hydrogen-bond acceptors (Lipinski definition) is 6. The Balaban J connectivity index is 1.69. The summed E-state index contributed by atoms with van der Waals surface area (Å²) in [5.74, 6) is 0.679. The van der Waals surface area contributed by atoms with Crippen LogP contribution in [0.1, 0.15) is 22.2 Å². The highest BCUT2D eigenvalue weighted by Gasteiger charge is 2.21. The topological polar surface area (TPSA) is 79.2 Å². The van der Waals surface area contributed by atoms with Crippen molar-refractivity contribution < 1.29 is 9.90 Å². The molecule has 1 atom stereocenters. The van der Waals surface area contributed by atoms with Crippen molar-refractivity contribution >= 4 is 17.2 Å². The van der Waals surface area contributed by atoms with Crippen LogP contribution in [-0.4, -0.2) is 44.0 Å². The zero-order valence-corrected chi connectivity index (χ0v) is 14.8. The molecule has 2 heterocycles. The van der Waals surface area contributed by atoms with Crippen LogP contribution in [0.2, 0.25) is 0 Å². The Morgan fingerprint density at radius 1 is 1.20 bits per heavy atom. The lowest BCUT2D eigenvalue weighted by Gasteiger charge is -2.24. The number of phenols is 1. The highest BCUT2D eigenvalue weighted by molar-refractivity contribution is 7.16. The van der Waals surface area contributed by atoms with E-state index >= 15 is 0 Å². The molecule has 0 saturated heterocycles. The zero-order valence-electron chi connectivity index (χ0n) is 14.0. The number of nitrogens with zero attached hydrogens (tertiary/aromatic N) is 4. The van der Waals surface area contributed by atoms with Crippen LogP contribution in [0.25, 0.3) is 10.8 Å². The normalized spacial score (nSPS) is 11.9. The fourth-order valence-electron chi connectivity index (χ4n) is 2.37. The first kappa shape index (κ1) is 17.0. The van der Waals surface area contributed by atoms with Gasteiger partial charge in [-0.05, 0) is 37.1 Å². The molecule has 6 nitrogen and oxygen atoms in total. The second kappa shape index (κ2) is 7.40. The number of likely N-dealkylation sites (N-methyl/N-ethyl adjacent to an activating group) is 1. The van der Waals surface area contributed by atoms with Gasteiger partial charge in [0.05, 0.1) is 6.20 Å². The molecule has 1 aromatic carbocycles. The summed E-state index contributed by atoms with van der Waals surface area (Å²) >= 11 is 1.29. The predicted molar refractivity (Wildman–Crippen MR) is 96.5 cm³/mol. The number of carbonyl (C=O) groups excluding carboxylic acids is 1. The second-order valence-electron chi connectivity index (χ2n) is 5.74. The van der Waals surface area contributed by atoms with E-state index in [9.17, 15) is 9.90 Å². The number of aromatic nitrogens is 3. The SMILES string of the molecule is C[C@@H](Cc1ccc(O)cc1)N(C)C(=O)c1cnc(-c2ncccn2)s1. The van der Waals surface area contributed by atoms with Crippen LogP contribution in [0, 0.1) is 0 Å². The summed E-state index contributed by atoms with van der Waals surface area (Å²) in [6.45, 7) is 1.99. The molecular formula is C18H18N4O2S. The van der Waals surface area contributed by atoms with Gasteiger partial charge in [-0.25, -0.2) is 15.0 Å². The number of rotatable bonds is 5. The van der Waals surface area contributed by atoms with Gasteiger partial charge >= 0.3 is 0 Å². The minimum absolute atomic E-state index is 0.00979. The highest BCUT2D eigenvalue weighted by atomic mass is 32.1. The van der Waals surface area contributed by atoms with E-state index in [-0.39, 0.29) is 17.7 Å². The summed E-state index contributed by atoms with van der Waals surface area (Å²) in [4.78, 5) is 27.5. The Hall–Kier alpha value is -2.80. The Labute approximate surface area is 149 Å². The summed E-state index contributed by atoms with van der Waals surface area (Å²) in [6.07, 6.45) is 5.58. The van der Waals surface area contributed by atoms with Gasteiger partial charge in [0, 0.05) is 25.5 Å². The van der Waals surface area contributed by atoms with Crippen LogP contribution in [0.5, 0.6) is 5.75 Å². The van der Waals surface area contributed by atoms with Gasteiger partial charge in [0.15, 0.2) is 10.8 Å². The molecule has 0 saturated carbocycles. The maximum absolute atomic E-state index is 12.7. The van der Waals surface area contributed by atoms with Gasteiger partial charge < -0.3 is 10.0 Å². The molecule has 2 aromatic heterocycles. The lowest BCUT2D eigenvalue weighted by Crippen LogP contribution is -2.36. The zero-order chi connectivity index (χ0) is 17.8. The van der Waals surface area contributed by atoms with Gasteiger partial charge in [-0.15, -0.1) is 11.3 Å². The Morgan fingerprint density at radius 2 is 1.88 bits per heavy atom. The average Bonchev–Trinajstić information content (AvgIpc) is 3.13. The molecule has 0 aliphatic carbocycles. The van der Waals surface area contributed by atoms with E-state index in [0.29, 0.717) is 22.1 Å². The van der Waals surface area contributed by atoms with Crippen molar-refractivity contribution in [2.45, 2.75) is 19.4 Å². The standard InChI is InChI=1S/C18H18N4O2S/c1-12(10-13-4-6-14(23)7-5-13)22(2)18(24)15-11-21-17(25-15)16-19-8-3-9-20-16/h3-9,11-12,23H,10H2,1-2H3/t12-/m0/s1. The molecule has 0 aliphatic rings. The lowest BCUT2D eigenvalue weighted by molar-refractivity contribution is 0.0748. The van der Waals surface area contributed by atoms with Crippen LogP contribution in [0.15, 0.2) is 48.9 Å². The smallest absolute Gasteiger partial charge is 0.265 e. The van der Waals surface area contributed by atoms with Crippen LogP contribution < -0.4 is 0 Å². The van der Waals surface area contributed by atoms with E-state index in [2.05, 4.69) is 15.0 Å². The Kier molecular flexibility index (Phi) is 5.04. The summed E-state index contributed by atoms with van der Waals surface area (Å²) < 4.78 is 0. The van der Waals surface area contributed by atoms with Crippen molar-refractivity contribution in [3.8, 4) is 16.6 Å². The van der Waals surface area contributed by atoms with E-state index in [1.54, 1.807) is 48.7 Å². The molecule has 0 unspecified atom stereocenters. The fourth-order valence-corrected chi connectivity index (χ4v) is 3.22. The number of hydrogen-bond donors (Lipinski definition) is 1. The molecule has 128 valence electrons. The largest absolute Gasteiger partial charge is 0.508 e. The van der Waals surface area contributed by atoms with Gasteiger partial charge in [-0.1, -0.05) is 12.1 Å². The van der Waals surface area contributed by atoms with Crippen LogP contribution in [0.3, 0.4) is 0 Å². The molecule has 3 rings (SSSR count). The third-order valence-electron chi connectivity index (χ3n) is 3.92. The Morgan fingerprint density at radius 3 is 2.56 bits per heavy atom. The van der Waals surface area contributed by atoms with Crippen molar-refractivity contribution in [2.75, 3.05) is 7.05 Å². The van der Waals surface area contributed by atoms with Gasteiger partial charge in [0.25, 0.3) is 5.91 Å². The van der Waals surface area contributed by atoms with Crippen molar-refractivity contribution in [3.63, 3.8) is 0 Å². The highest BCUT2D eigenvalue weighted by Crippen LogP contribution is 2.23. The number of aromatic hydroxyl groups is 1. The third-order valence-corrected chi connectivity index (χ3v) is 4.90. The molecule has 0 radical (unpaired) electrons. The molecule has 0 spiro atoms. The maximum Gasteiger partial charge on any atom is 0.265 e. The van der Waals surface area contributed by atoms with Crippen molar-refractivity contribution in [1.29, 1.82) is 0 Å². The van der Waals surface area contributed by atoms with E-state index < -0.39 is 0 Å². The van der Waals surface area contributed by atoms with E-state index in [1.807, 2.05) is 19.1 Å². The quantitative estimate of drug-likeness (QED) is 0.762. The van der Waals surface area contributed by atoms with Crippen molar-refractivity contribution in [1.82, 2.24) is 19.9 Å². The number of amides is 1. The first-order chi connectivity index (χ1) is 12.0. The first-order valence-corrected chi connectivity index (χ1v) is 8.64. The van der Waals surface area contributed by atoms with Crippen LogP contribution >= 0.6 is 11.3 Å². The van der Waals surface area contributed by atoms with Crippen LogP contribution in [0.4, 0.5) is 0 Å². The summed E-state index contributed by atoms with van der Waals surface area (Å²) in [6, 6.07) is 8.78. The van der Waals surface area contributed by atoms with Crippen molar-refractivity contribution in [3.05, 3.63) is 59.4 Å². The third kappa shape index (κ3) is 4.00. The molecule has 1 N–H and O–H groups in total. The number of thiazole rings is 1. The van der Waals surface area contributed by atoms with E-state index in [0.717, 1.165) is 5.56 Å². The minimum Gasteiger partial charge on any atom is -0.508 e. The first-order valence-electron chi connectivity index (χ1n) is 7.83. The summed E-state index contributed by atoms with van der Waals surface area (Å²) in [5.41, 5.74) is 1.06. The van der Waals surface area contributed by atoms with E-state index in [4.69, 9.17) is 0 Å². The van der Waals surface area contributed by atoms with Gasteiger partial charge in [-0.3, -0.25) is 4.79 Å². The fraction of sp³-hybridized carbons (Fsp3) is 0.222. The molecule has 3 aromatic rings. The minimum atomic E-state index is -0.0778. The average molecular weight is 354 g/mol. The molecule has 1 amide bonds. The number of phenolic OH excluding ortho intramolecular Hbond substituents is 1. The van der Waals surface area contributed by atoms with Gasteiger partial charge in [0.2, 0.25) is 0 Å². The molecule has 25 heavy (non-hydrogen) atoms. The van der Waals surface area contributed by atoms with Gasteiger partial charge in [-0.2, -0.15) is 0 Å². The number of benzene rings is 1. The molecule has 0 fully saturated rings. The maximum atomic E-state index is 12.7. The lowest BCUT2D eigenvalue weighted by atomic mass is 10.1. The van der Waals surface area contributed by atoms with Crippen molar-refractivity contribution in [2.24, 2.45) is 0 Å². The monoisotopic (exact) mass is 354 g/mol. The van der Waals surface area contributed by atoms with E-state index in [1.165, 1.54) is 11.3 Å². The second-order valence-corrected chi connectivity index (χ2v) is 6.77. The van der Waals surface area contributed by atoms with Gasteiger partial charge in [0.1, 0.15) is 10.6 Å². The summed E-state index contributed by atoms with van der Waals surface area (Å²) in [7, 11) is 1.78. The molecular weight excluding hydrogens is 336 g/mol. The van der Waals surface area contributed by atoms with Crippen LogP contribution in [-0.2, 0) is 6.42 Å². The molecule has 7 heteroatoms. The summed E-state index contributed by atoms with van der Waals surface area (Å²) in [5, 5.41) is 9.98. The predicted octanol–water partition coefficient (Wildman–Crippen LogP) is 3.01. The number of carbonyl (C=O) groups is 1. The Bertz CT molecular complexity index is 849.